The number of H-pyrrole nitrogens is 1. The Balaban J connectivity index is 1.50. The number of nitrogens with one attached hydrogen (secondary N) is 4. The number of hydrogen-bond acceptors (Lipinski definition) is 4. The van der Waals surface area contributed by atoms with Crippen molar-refractivity contribution in [2.24, 2.45) is 0 Å². The summed E-state index contributed by atoms with van der Waals surface area (Å²) in [5.74, 6) is -1.57. The van der Waals surface area contributed by atoms with E-state index in [0.717, 1.165) is 5.69 Å². The molecule has 2 heterocycles. The third-order valence-electron chi connectivity index (χ3n) is 6.15. The van der Waals surface area contributed by atoms with Crippen LogP contribution in [0.15, 0.2) is 42.5 Å². The minimum absolute atomic E-state index is 0.300. The second kappa shape index (κ2) is 9.69. The van der Waals surface area contributed by atoms with Gasteiger partial charge < -0.3 is 25.8 Å². The summed E-state index contributed by atoms with van der Waals surface area (Å²) in [6.07, 6.45) is 1.60. The molecule has 9 heteroatoms. The molecule has 4 N–H and O–H groups in total. The van der Waals surface area contributed by atoms with Gasteiger partial charge in [-0.3, -0.25) is 14.4 Å². The Morgan fingerprint density at radius 2 is 1.78 bits per heavy atom. The molecule has 36 heavy (non-hydrogen) atoms. The zero-order chi connectivity index (χ0) is 26.1. The summed E-state index contributed by atoms with van der Waals surface area (Å²) in [6.45, 7) is 5.10. The maximum atomic E-state index is 13.8. The van der Waals surface area contributed by atoms with Crippen LogP contribution in [0, 0.1) is 19.7 Å². The first-order chi connectivity index (χ1) is 17.0. The lowest BCUT2D eigenvalue weighted by atomic mass is 10.0. The lowest BCUT2D eigenvalue weighted by Crippen LogP contribution is -2.41. The number of benzene rings is 2. The first-order valence-electron chi connectivity index (χ1n) is 11.5. The van der Waals surface area contributed by atoms with Gasteiger partial charge in [0.25, 0.3) is 11.8 Å². The van der Waals surface area contributed by atoms with Gasteiger partial charge in [-0.05, 0) is 74.9 Å². The molecule has 0 bridgehead atoms. The van der Waals surface area contributed by atoms with E-state index in [9.17, 15) is 18.8 Å². The zero-order valence-corrected chi connectivity index (χ0v) is 20.7. The number of carbonyl (C=O) groups excluding carboxylic acids is 3. The molecule has 0 fully saturated rings. The SMILES string of the molecule is Cc1[nH]c(/C=C2\C(=O)Nc3ccc(F)cc32)c(C)c1C(=O)NC(C)C(=O)Nc1ccc(N(C)C)cc1. The molecule has 2 aromatic carbocycles. The van der Waals surface area contributed by atoms with Crippen LogP contribution in [-0.2, 0) is 9.59 Å². The maximum absolute atomic E-state index is 13.8. The molecule has 8 nitrogen and oxygen atoms in total. The number of aromatic nitrogens is 1. The summed E-state index contributed by atoms with van der Waals surface area (Å²) in [5, 5.41) is 8.25. The van der Waals surface area contributed by atoms with Gasteiger partial charge in [-0.1, -0.05) is 0 Å². The van der Waals surface area contributed by atoms with E-state index in [1.165, 1.54) is 18.2 Å². The largest absolute Gasteiger partial charge is 0.378 e. The van der Waals surface area contributed by atoms with Gasteiger partial charge in [0, 0.05) is 48.1 Å². The van der Waals surface area contributed by atoms with Gasteiger partial charge >= 0.3 is 0 Å². The summed E-state index contributed by atoms with van der Waals surface area (Å²) in [4.78, 5) is 43.3. The Morgan fingerprint density at radius 3 is 2.44 bits per heavy atom. The number of carbonyl (C=O) groups is 3. The molecule has 0 spiro atoms. The van der Waals surface area contributed by atoms with Gasteiger partial charge in [0.15, 0.2) is 0 Å². The van der Waals surface area contributed by atoms with Crippen LogP contribution >= 0.6 is 0 Å². The van der Waals surface area contributed by atoms with Crippen molar-refractivity contribution >= 4 is 46.4 Å². The summed E-state index contributed by atoms with van der Waals surface area (Å²) >= 11 is 0. The highest BCUT2D eigenvalue weighted by Crippen LogP contribution is 2.34. The van der Waals surface area contributed by atoms with Crippen LogP contribution < -0.4 is 20.9 Å². The minimum Gasteiger partial charge on any atom is -0.378 e. The van der Waals surface area contributed by atoms with E-state index in [-0.39, 0.29) is 11.8 Å². The number of amides is 3. The fourth-order valence-corrected chi connectivity index (χ4v) is 4.13. The first kappa shape index (κ1) is 24.7. The predicted molar refractivity (Wildman–Crippen MR) is 139 cm³/mol. The third kappa shape index (κ3) is 4.86. The smallest absolute Gasteiger partial charge is 0.256 e. The van der Waals surface area contributed by atoms with Gasteiger partial charge in [0.05, 0.1) is 11.1 Å². The summed E-state index contributed by atoms with van der Waals surface area (Å²) in [7, 11) is 3.86. The van der Waals surface area contributed by atoms with E-state index in [2.05, 4.69) is 20.9 Å². The number of aryl methyl sites for hydroxylation is 1. The lowest BCUT2D eigenvalue weighted by molar-refractivity contribution is -0.117. The quantitative estimate of drug-likeness (QED) is 0.392. The highest BCUT2D eigenvalue weighted by molar-refractivity contribution is 6.35. The van der Waals surface area contributed by atoms with E-state index >= 15 is 0 Å². The molecule has 0 saturated heterocycles. The van der Waals surface area contributed by atoms with Gasteiger partial charge in [0.2, 0.25) is 5.91 Å². The number of hydrogen-bond donors (Lipinski definition) is 4. The van der Waals surface area contributed by atoms with Crippen LogP contribution in [0.1, 0.15) is 39.8 Å². The molecule has 0 aliphatic carbocycles. The lowest BCUT2D eigenvalue weighted by Gasteiger charge is -2.16. The minimum atomic E-state index is -0.794. The number of halogens is 1. The van der Waals surface area contributed by atoms with Crippen LogP contribution in [0.25, 0.3) is 11.6 Å². The van der Waals surface area contributed by atoms with E-state index in [0.29, 0.717) is 45.0 Å². The van der Waals surface area contributed by atoms with Crippen molar-refractivity contribution in [3.63, 3.8) is 0 Å². The molecular weight excluding hydrogens is 461 g/mol. The Labute approximate surface area is 208 Å². The molecular formula is C27H28FN5O3. The van der Waals surface area contributed by atoms with E-state index in [4.69, 9.17) is 0 Å². The molecule has 1 unspecified atom stereocenters. The van der Waals surface area contributed by atoms with Crippen molar-refractivity contribution in [2.75, 3.05) is 29.6 Å². The van der Waals surface area contributed by atoms with Crippen molar-refractivity contribution in [1.82, 2.24) is 10.3 Å². The van der Waals surface area contributed by atoms with Gasteiger partial charge in [-0.2, -0.15) is 0 Å². The van der Waals surface area contributed by atoms with Gasteiger partial charge in [0.1, 0.15) is 11.9 Å². The Bertz CT molecular complexity index is 1390. The molecule has 0 saturated carbocycles. The molecule has 4 rings (SSSR count). The van der Waals surface area contributed by atoms with E-state index in [1.807, 2.05) is 31.1 Å². The van der Waals surface area contributed by atoms with Crippen LogP contribution in [-0.4, -0.2) is 42.8 Å². The fraction of sp³-hybridized carbons (Fsp3) is 0.222. The van der Waals surface area contributed by atoms with Gasteiger partial charge in [-0.15, -0.1) is 0 Å². The van der Waals surface area contributed by atoms with Crippen LogP contribution in [0.3, 0.4) is 0 Å². The van der Waals surface area contributed by atoms with Crippen LogP contribution in [0.2, 0.25) is 0 Å². The molecule has 1 aliphatic rings. The zero-order valence-electron chi connectivity index (χ0n) is 20.7. The predicted octanol–water partition coefficient (Wildman–Crippen LogP) is 4.09. The van der Waals surface area contributed by atoms with Crippen molar-refractivity contribution < 1.29 is 18.8 Å². The van der Waals surface area contributed by atoms with Crippen LogP contribution in [0.4, 0.5) is 21.5 Å². The standard InChI is InChI=1S/C27H28FN5O3/c1-14-23(13-21-20-12-17(28)6-11-22(20)32-26(21)35)29-15(2)24(14)27(36)30-16(3)25(34)31-18-7-9-19(10-8-18)33(4)5/h6-13,16,29H,1-5H3,(H,30,36)(H,31,34)(H,32,35)/b21-13-. The molecule has 186 valence electrons. The Kier molecular flexibility index (Phi) is 6.65. The number of anilines is 3. The maximum Gasteiger partial charge on any atom is 0.256 e. The Morgan fingerprint density at radius 1 is 1.08 bits per heavy atom. The van der Waals surface area contributed by atoms with Crippen molar-refractivity contribution in [2.45, 2.75) is 26.8 Å². The second-order valence-electron chi connectivity index (χ2n) is 8.99. The summed E-state index contributed by atoms with van der Waals surface area (Å²) < 4.78 is 13.8. The number of fused-ring (bicyclic) bond motifs is 1. The summed E-state index contributed by atoms with van der Waals surface area (Å²) in [6, 6.07) is 10.7. The normalized spacial score (nSPS) is 14.3. The number of rotatable bonds is 6. The number of nitrogens with zero attached hydrogens (tertiary/aromatic N) is 1. The van der Waals surface area contributed by atoms with E-state index in [1.54, 1.807) is 39.0 Å². The highest BCUT2D eigenvalue weighted by Gasteiger charge is 2.27. The molecule has 0 radical (unpaired) electrons. The van der Waals surface area contributed by atoms with Crippen molar-refractivity contribution in [3.8, 4) is 0 Å². The average molecular weight is 490 g/mol. The Hall–Kier alpha value is -4.40. The fourth-order valence-electron chi connectivity index (χ4n) is 4.13. The molecule has 1 aromatic heterocycles. The molecule has 1 atom stereocenters. The third-order valence-corrected chi connectivity index (χ3v) is 6.15. The molecule has 3 amide bonds. The molecule has 3 aromatic rings. The van der Waals surface area contributed by atoms with Crippen LogP contribution in [0.5, 0.6) is 0 Å². The van der Waals surface area contributed by atoms with Gasteiger partial charge in [-0.25, -0.2) is 4.39 Å². The number of aromatic amines is 1. The topological polar surface area (TPSA) is 106 Å². The van der Waals surface area contributed by atoms with Crippen molar-refractivity contribution in [3.05, 3.63) is 76.4 Å². The highest BCUT2D eigenvalue weighted by atomic mass is 19.1. The van der Waals surface area contributed by atoms with E-state index < -0.39 is 17.8 Å². The van der Waals surface area contributed by atoms with Crippen molar-refractivity contribution in [1.29, 1.82) is 0 Å². The second-order valence-corrected chi connectivity index (χ2v) is 8.99. The summed E-state index contributed by atoms with van der Waals surface area (Å²) in [5.41, 5.74) is 5.05. The first-order valence-corrected chi connectivity index (χ1v) is 11.5. The molecule has 1 aliphatic heterocycles. The average Bonchev–Trinajstić information content (AvgIpc) is 3.28. The monoisotopic (exact) mass is 489 g/mol.